The molecule has 1 aromatic rings. The van der Waals surface area contributed by atoms with Crippen LogP contribution in [0.2, 0.25) is 0 Å². The van der Waals surface area contributed by atoms with Crippen LogP contribution >= 0.6 is 0 Å². The largest absolute Gasteiger partial charge is 0.356 e. The average molecular weight is 331 g/mol. The number of nitrogens with one attached hydrogen (secondary N) is 1. The minimum absolute atomic E-state index is 0.0246. The maximum atomic E-state index is 12.9. The number of carbonyl (C=O) groups is 3. The van der Waals surface area contributed by atoms with E-state index in [9.17, 15) is 14.4 Å². The molecular formula is C17H21N3O4. The van der Waals surface area contributed by atoms with Crippen molar-refractivity contribution in [2.45, 2.75) is 19.1 Å². The molecule has 0 bridgehead atoms. The number of benzene rings is 1. The minimum atomic E-state index is -0.806. The lowest BCUT2D eigenvalue weighted by atomic mass is 9.93. The Kier molecular flexibility index (Phi) is 4.53. The summed E-state index contributed by atoms with van der Waals surface area (Å²) in [5.74, 6) is -0.594. The second-order valence-electron chi connectivity index (χ2n) is 6.15. The van der Waals surface area contributed by atoms with E-state index in [0.29, 0.717) is 13.1 Å². The molecule has 1 aromatic carbocycles. The number of amides is 3. The van der Waals surface area contributed by atoms with Crippen LogP contribution in [-0.4, -0.2) is 66.9 Å². The van der Waals surface area contributed by atoms with E-state index in [1.165, 1.54) is 4.90 Å². The Morgan fingerprint density at radius 3 is 2.75 bits per heavy atom. The van der Waals surface area contributed by atoms with Crippen LogP contribution in [0.15, 0.2) is 24.3 Å². The van der Waals surface area contributed by atoms with Crippen molar-refractivity contribution in [2.75, 3.05) is 33.3 Å². The molecule has 0 radical (unpaired) electrons. The molecule has 0 aliphatic carbocycles. The van der Waals surface area contributed by atoms with Gasteiger partial charge in [0.1, 0.15) is 6.61 Å². The van der Waals surface area contributed by atoms with E-state index >= 15 is 0 Å². The summed E-state index contributed by atoms with van der Waals surface area (Å²) in [5, 5.41) is 2.70. The number of hydrogen-bond donors (Lipinski definition) is 1. The summed E-state index contributed by atoms with van der Waals surface area (Å²) in [4.78, 5) is 39.7. The van der Waals surface area contributed by atoms with E-state index in [1.807, 2.05) is 31.2 Å². The Balaban J connectivity index is 1.92. The lowest BCUT2D eigenvalue weighted by molar-refractivity contribution is -0.168. The molecule has 2 saturated heterocycles. The molecular weight excluding hydrogens is 310 g/mol. The zero-order valence-corrected chi connectivity index (χ0v) is 13.8. The van der Waals surface area contributed by atoms with Gasteiger partial charge in [0, 0.05) is 20.1 Å². The highest BCUT2D eigenvalue weighted by Crippen LogP contribution is 2.32. The maximum Gasteiger partial charge on any atom is 0.254 e. The summed E-state index contributed by atoms with van der Waals surface area (Å²) in [5.41, 5.74) is 1.87. The quantitative estimate of drug-likeness (QED) is 0.818. The van der Waals surface area contributed by atoms with Gasteiger partial charge in [-0.1, -0.05) is 24.3 Å². The molecule has 7 nitrogen and oxygen atoms in total. The molecule has 2 heterocycles. The summed E-state index contributed by atoms with van der Waals surface area (Å²) in [6.45, 7) is 2.72. The van der Waals surface area contributed by atoms with Gasteiger partial charge in [0.15, 0.2) is 6.10 Å². The number of likely N-dealkylation sites (N-methyl/N-ethyl adjacent to an activating group) is 1. The van der Waals surface area contributed by atoms with Crippen LogP contribution in [0.4, 0.5) is 0 Å². The molecule has 2 aliphatic heterocycles. The Morgan fingerprint density at radius 2 is 2.04 bits per heavy atom. The van der Waals surface area contributed by atoms with Crippen molar-refractivity contribution >= 4 is 17.7 Å². The van der Waals surface area contributed by atoms with Gasteiger partial charge in [-0.25, -0.2) is 0 Å². The lowest BCUT2D eigenvalue weighted by Gasteiger charge is -2.41. The standard InChI is InChI=1S/C17H21N3O4/c1-11-5-3-4-6-12(11)15-16(24-10-14(22)19(15)2)17(23)20-8-7-18-13(21)9-20/h3-6,15-16H,7-10H2,1-2H3,(H,18,21)/t15-,16+/m1/s1. The number of morpholine rings is 1. The normalized spacial score (nSPS) is 24.8. The topological polar surface area (TPSA) is 79.0 Å². The smallest absolute Gasteiger partial charge is 0.254 e. The number of nitrogens with zero attached hydrogens (tertiary/aromatic N) is 2. The van der Waals surface area contributed by atoms with Crippen molar-refractivity contribution < 1.29 is 19.1 Å². The fraction of sp³-hybridized carbons (Fsp3) is 0.471. The number of piperazine rings is 1. The van der Waals surface area contributed by atoms with Crippen LogP contribution in [0.25, 0.3) is 0 Å². The molecule has 3 amide bonds. The summed E-state index contributed by atoms with van der Waals surface area (Å²) in [7, 11) is 1.69. The first kappa shape index (κ1) is 16.4. The van der Waals surface area contributed by atoms with E-state index in [4.69, 9.17) is 4.74 Å². The van der Waals surface area contributed by atoms with Crippen LogP contribution in [-0.2, 0) is 19.1 Å². The van der Waals surface area contributed by atoms with Gasteiger partial charge in [-0.3, -0.25) is 14.4 Å². The fourth-order valence-electron chi connectivity index (χ4n) is 3.22. The summed E-state index contributed by atoms with van der Waals surface area (Å²) in [6, 6.07) is 7.14. The molecule has 0 unspecified atom stereocenters. The predicted molar refractivity (Wildman–Crippen MR) is 86.0 cm³/mol. The number of aryl methyl sites for hydroxylation is 1. The van der Waals surface area contributed by atoms with E-state index < -0.39 is 12.1 Å². The molecule has 7 heteroatoms. The third kappa shape index (κ3) is 2.99. The molecule has 1 N–H and O–H groups in total. The first-order chi connectivity index (χ1) is 11.5. The van der Waals surface area contributed by atoms with Gasteiger partial charge in [0.25, 0.3) is 5.91 Å². The van der Waals surface area contributed by atoms with Crippen LogP contribution in [0, 0.1) is 6.92 Å². The van der Waals surface area contributed by atoms with Crippen molar-refractivity contribution in [1.82, 2.24) is 15.1 Å². The monoisotopic (exact) mass is 331 g/mol. The van der Waals surface area contributed by atoms with Crippen molar-refractivity contribution in [3.05, 3.63) is 35.4 Å². The molecule has 24 heavy (non-hydrogen) atoms. The Morgan fingerprint density at radius 1 is 1.29 bits per heavy atom. The zero-order valence-electron chi connectivity index (χ0n) is 13.8. The first-order valence-corrected chi connectivity index (χ1v) is 7.97. The fourth-order valence-corrected chi connectivity index (χ4v) is 3.22. The van der Waals surface area contributed by atoms with Gasteiger partial charge in [0.2, 0.25) is 11.8 Å². The van der Waals surface area contributed by atoms with Crippen molar-refractivity contribution in [1.29, 1.82) is 0 Å². The van der Waals surface area contributed by atoms with Gasteiger partial charge >= 0.3 is 0 Å². The van der Waals surface area contributed by atoms with Gasteiger partial charge in [0.05, 0.1) is 12.6 Å². The molecule has 2 atom stereocenters. The molecule has 3 rings (SSSR count). The van der Waals surface area contributed by atoms with Gasteiger partial charge in [-0.05, 0) is 18.1 Å². The molecule has 2 aliphatic rings. The molecule has 128 valence electrons. The number of rotatable bonds is 2. The van der Waals surface area contributed by atoms with Crippen molar-refractivity contribution in [3.63, 3.8) is 0 Å². The summed E-state index contributed by atoms with van der Waals surface area (Å²) in [6.07, 6.45) is -0.806. The number of ether oxygens (including phenoxy) is 1. The minimum Gasteiger partial charge on any atom is -0.356 e. The number of hydrogen-bond acceptors (Lipinski definition) is 4. The third-order valence-electron chi connectivity index (χ3n) is 4.58. The van der Waals surface area contributed by atoms with E-state index in [0.717, 1.165) is 11.1 Å². The van der Waals surface area contributed by atoms with Crippen molar-refractivity contribution in [3.8, 4) is 0 Å². The van der Waals surface area contributed by atoms with Gasteiger partial charge < -0.3 is 19.9 Å². The van der Waals surface area contributed by atoms with Gasteiger partial charge in [-0.2, -0.15) is 0 Å². The Hall–Kier alpha value is -2.41. The average Bonchev–Trinajstić information content (AvgIpc) is 2.57. The highest BCUT2D eigenvalue weighted by atomic mass is 16.5. The number of carbonyl (C=O) groups excluding carboxylic acids is 3. The molecule has 0 saturated carbocycles. The first-order valence-electron chi connectivity index (χ1n) is 7.97. The van der Waals surface area contributed by atoms with E-state index in [-0.39, 0.29) is 30.9 Å². The highest BCUT2D eigenvalue weighted by Gasteiger charge is 2.42. The SMILES string of the molecule is Cc1ccccc1[C@@H]1[C@@H](C(=O)N2CCNC(=O)C2)OCC(=O)N1C. The van der Waals surface area contributed by atoms with Gasteiger partial charge in [-0.15, -0.1) is 0 Å². The molecule has 0 spiro atoms. The molecule has 2 fully saturated rings. The van der Waals surface area contributed by atoms with Crippen LogP contribution in [0.1, 0.15) is 17.2 Å². The second-order valence-corrected chi connectivity index (χ2v) is 6.15. The van der Waals surface area contributed by atoms with E-state index in [2.05, 4.69) is 5.32 Å². The predicted octanol–water partition coefficient (Wildman–Crippen LogP) is -0.148. The van der Waals surface area contributed by atoms with Crippen molar-refractivity contribution in [2.24, 2.45) is 0 Å². The second kappa shape index (κ2) is 6.60. The molecule has 0 aromatic heterocycles. The lowest BCUT2D eigenvalue weighted by Crippen LogP contribution is -2.58. The Bertz CT molecular complexity index is 676. The highest BCUT2D eigenvalue weighted by molar-refractivity contribution is 5.90. The Labute approximate surface area is 140 Å². The van der Waals surface area contributed by atoms with Crippen LogP contribution in [0.3, 0.4) is 0 Å². The maximum absolute atomic E-state index is 12.9. The van der Waals surface area contributed by atoms with E-state index in [1.54, 1.807) is 11.9 Å². The summed E-state index contributed by atoms with van der Waals surface area (Å²) < 4.78 is 5.62. The summed E-state index contributed by atoms with van der Waals surface area (Å²) >= 11 is 0. The van der Waals surface area contributed by atoms with Crippen LogP contribution < -0.4 is 5.32 Å². The van der Waals surface area contributed by atoms with Crippen LogP contribution in [0.5, 0.6) is 0 Å². The third-order valence-corrected chi connectivity index (χ3v) is 4.58. The zero-order chi connectivity index (χ0) is 17.3.